The van der Waals surface area contributed by atoms with Gasteiger partial charge in [0.1, 0.15) is 11.4 Å². The van der Waals surface area contributed by atoms with E-state index in [0.717, 1.165) is 44.3 Å². The summed E-state index contributed by atoms with van der Waals surface area (Å²) in [5.74, 6) is 2.34. The van der Waals surface area contributed by atoms with Gasteiger partial charge in [-0.15, -0.1) is 0 Å². The van der Waals surface area contributed by atoms with Crippen LogP contribution in [0.15, 0.2) is 23.3 Å². The molecule has 0 saturated carbocycles. The lowest BCUT2D eigenvalue weighted by Crippen LogP contribution is -2.47. The van der Waals surface area contributed by atoms with Crippen LogP contribution in [-0.2, 0) is 11.3 Å². The molecule has 0 atom stereocenters. The lowest BCUT2D eigenvalue weighted by Gasteiger charge is -2.36. The molecule has 1 aliphatic rings. The van der Waals surface area contributed by atoms with Crippen LogP contribution in [0.2, 0.25) is 0 Å². The number of guanidine groups is 1. The monoisotopic (exact) mass is 432 g/mol. The number of hydrogen-bond acceptors (Lipinski definition) is 5. The van der Waals surface area contributed by atoms with Crippen molar-refractivity contribution >= 4 is 17.9 Å². The molecule has 0 aromatic carbocycles. The Hall–Kier alpha value is -2.51. The summed E-state index contributed by atoms with van der Waals surface area (Å²) >= 11 is 0. The van der Waals surface area contributed by atoms with Gasteiger partial charge >= 0.3 is 6.09 Å². The van der Waals surface area contributed by atoms with Gasteiger partial charge in [-0.25, -0.2) is 9.78 Å². The van der Waals surface area contributed by atoms with Gasteiger partial charge in [-0.3, -0.25) is 4.99 Å². The van der Waals surface area contributed by atoms with E-state index in [1.165, 1.54) is 5.56 Å². The van der Waals surface area contributed by atoms with E-state index >= 15 is 0 Å². The van der Waals surface area contributed by atoms with Crippen LogP contribution in [0.4, 0.5) is 10.6 Å². The van der Waals surface area contributed by atoms with Gasteiger partial charge in [-0.1, -0.05) is 0 Å². The van der Waals surface area contributed by atoms with Crippen molar-refractivity contribution in [1.82, 2.24) is 20.1 Å². The second kappa shape index (κ2) is 11.2. The minimum Gasteiger partial charge on any atom is -0.444 e. The number of rotatable bonds is 6. The standard InChI is InChI=1S/C23H40N6O2/c1-8-28(22(30)31-23(2,3)4)17-18-10-13-29(14-11-18)21(24-5)26-16-19-9-12-25-20(15-19)27(6)7/h9,12,15,18H,8,10-11,13-14,16-17H2,1-7H3,(H,24,26). The van der Waals surface area contributed by atoms with Crippen molar-refractivity contribution in [2.24, 2.45) is 10.9 Å². The molecule has 1 aromatic rings. The fourth-order valence-corrected chi connectivity index (χ4v) is 3.63. The lowest BCUT2D eigenvalue weighted by molar-refractivity contribution is 0.0214. The predicted molar refractivity (Wildman–Crippen MR) is 127 cm³/mol. The van der Waals surface area contributed by atoms with Gasteiger partial charge in [0, 0.05) is 60.1 Å². The average Bonchev–Trinajstić information content (AvgIpc) is 2.72. The number of piperidine rings is 1. The molecule has 1 aliphatic heterocycles. The molecule has 0 aliphatic carbocycles. The van der Waals surface area contributed by atoms with Crippen molar-refractivity contribution in [2.75, 3.05) is 52.2 Å². The number of carbonyl (C=O) groups is 1. The van der Waals surface area contributed by atoms with Gasteiger partial charge in [0.2, 0.25) is 0 Å². The molecule has 8 heteroatoms. The number of nitrogens with one attached hydrogen (secondary N) is 1. The summed E-state index contributed by atoms with van der Waals surface area (Å²) in [6.07, 6.45) is 3.68. The predicted octanol–water partition coefficient (Wildman–Crippen LogP) is 3.19. The second-order valence-electron chi connectivity index (χ2n) is 9.27. The third kappa shape index (κ3) is 7.92. The normalized spacial score (nSPS) is 15.6. The molecular formula is C23H40N6O2. The van der Waals surface area contributed by atoms with Crippen molar-refractivity contribution < 1.29 is 9.53 Å². The van der Waals surface area contributed by atoms with Crippen molar-refractivity contribution in [2.45, 2.75) is 52.7 Å². The molecule has 31 heavy (non-hydrogen) atoms. The van der Waals surface area contributed by atoms with E-state index in [2.05, 4.69) is 26.3 Å². The number of aromatic nitrogens is 1. The van der Waals surface area contributed by atoms with E-state index in [0.29, 0.717) is 19.0 Å². The fourth-order valence-electron chi connectivity index (χ4n) is 3.63. The number of nitrogens with zero attached hydrogens (tertiary/aromatic N) is 5. The highest BCUT2D eigenvalue weighted by Gasteiger charge is 2.27. The van der Waals surface area contributed by atoms with Crippen molar-refractivity contribution in [3.63, 3.8) is 0 Å². The van der Waals surface area contributed by atoms with E-state index in [4.69, 9.17) is 4.74 Å². The van der Waals surface area contributed by atoms with Gasteiger partial charge in [-0.2, -0.15) is 0 Å². The van der Waals surface area contributed by atoms with Crippen LogP contribution in [0.25, 0.3) is 0 Å². The molecule has 1 fully saturated rings. The van der Waals surface area contributed by atoms with Crippen LogP contribution in [0, 0.1) is 5.92 Å². The van der Waals surface area contributed by atoms with Crippen LogP contribution in [0.5, 0.6) is 0 Å². The Balaban J connectivity index is 1.84. The van der Waals surface area contributed by atoms with Gasteiger partial charge < -0.3 is 24.8 Å². The molecule has 174 valence electrons. The maximum Gasteiger partial charge on any atom is 0.410 e. The molecule has 8 nitrogen and oxygen atoms in total. The zero-order valence-corrected chi connectivity index (χ0v) is 20.3. The number of likely N-dealkylation sites (tertiary alicyclic amines) is 1. The van der Waals surface area contributed by atoms with E-state index in [1.54, 1.807) is 0 Å². The summed E-state index contributed by atoms with van der Waals surface area (Å²) in [5, 5.41) is 3.48. The zero-order valence-electron chi connectivity index (χ0n) is 20.3. The second-order valence-corrected chi connectivity index (χ2v) is 9.27. The number of aliphatic imine (C=N–C) groups is 1. The van der Waals surface area contributed by atoms with Gasteiger partial charge in [0.05, 0.1) is 0 Å². The molecule has 2 rings (SSSR count). The first-order valence-electron chi connectivity index (χ1n) is 11.2. The minimum absolute atomic E-state index is 0.218. The van der Waals surface area contributed by atoms with Gasteiger partial charge in [0.15, 0.2) is 5.96 Å². The summed E-state index contributed by atoms with van der Waals surface area (Å²) in [5.41, 5.74) is 0.708. The highest BCUT2D eigenvalue weighted by molar-refractivity contribution is 5.80. The quantitative estimate of drug-likeness (QED) is 0.550. The Morgan fingerprint density at radius 3 is 2.55 bits per heavy atom. The van der Waals surface area contributed by atoms with Crippen LogP contribution >= 0.6 is 0 Å². The number of carbonyl (C=O) groups excluding carboxylic acids is 1. The molecule has 0 unspecified atom stereocenters. The Morgan fingerprint density at radius 2 is 2.00 bits per heavy atom. The number of ether oxygens (including phenoxy) is 1. The van der Waals surface area contributed by atoms with Crippen LogP contribution in [-0.4, -0.2) is 79.8 Å². The van der Waals surface area contributed by atoms with Crippen LogP contribution < -0.4 is 10.2 Å². The Morgan fingerprint density at radius 1 is 1.32 bits per heavy atom. The number of pyridine rings is 1. The van der Waals surface area contributed by atoms with Gasteiger partial charge in [-0.05, 0) is 64.2 Å². The summed E-state index contributed by atoms with van der Waals surface area (Å²) in [6.45, 7) is 11.7. The molecule has 0 bridgehead atoms. The smallest absolute Gasteiger partial charge is 0.410 e. The SMILES string of the molecule is CCN(CC1CCN(C(=NC)NCc2ccnc(N(C)C)c2)CC1)C(=O)OC(C)(C)C. The first-order chi connectivity index (χ1) is 14.6. The number of hydrogen-bond donors (Lipinski definition) is 1. The van der Waals surface area contributed by atoms with Crippen molar-refractivity contribution in [3.8, 4) is 0 Å². The summed E-state index contributed by atoms with van der Waals surface area (Å²) in [6, 6.07) is 4.11. The van der Waals surface area contributed by atoms with Crippen molar-refractivity contribution in [3.05, 3.63) is 23.9 Å². The molecule has 0 spiro atoms. The van der Waals surface area contributed by atoms with Gasteiger partial charge in [0.25, 0.3) is 0 Å². The average molecular weight is 433 g/mol. The molecule has 0 radical (unpaired) electrons. The van der Waals surface area contributed by atoms with Crippen LogP contribution in [0.3, 0.4) is 0 Å². The molecule has 1 N–H and O–H groups in total. The first kappa shape index (κ1) is 24.8. The third-order valence-corrected chi connectivity index (χ3v) is 5.36. The minimum atomic E-state index is -0.464. The highest BCUT2D eigenvalue weighted by Crippen LogP contribution is 2.20. The van der Waals surface area contributed by atoms with E-state index in [9.17, 15) is 4.79 Å². The summed E-state index contributed by atoms with van der Waals surface area (Å²) < 4.78 is 5.55. The molecule has 1 aromatic heterocycles. The highest BCUT2D eigenvalue weighted by atomic mass is 16.6. The number of amides is 1. The maximum atomic E-state index is 12.4. The first-order valence-corrected chi connectivity index (χ1v) is 11.2. The van der Waals surface area contributed by atoms with E-state index in [-0.39, 0.29) is 6.09 Å². The number of anilines is 1. The van der Waals surface area contributed by atoms with E-state index < -0.39 is 5.60 Å². The summed E-state index contributed by atoms with van der Waals surface area (Å²) in [7, 11) is 5.81. The third-order valence-electron chi connectivity index (χ3n) is 5.36. The van der Waals surface area contributed by atoms with E-state index in [1.807, 2.05) is 70.9 Å². The van der Waals surface area contributed by atoms with Crippen molar-refractivity contribution in [1.29, 1.82) is 0 Å². The topological polar surface area (TPSA) is 73.3 Å². The maximum absolute atomic E-state index is 12.4. The summed E-state index contributed by atoms with van der Waals surface area (Å²) in [4.78, 5) is 27.4. The molecule has 1 saturated heterocycles. The Bertz CT molecular complexity index is 736. The Labute approximate surface area is 187 Å². The lowest BCUT2D eigenvalue weighted by atomic mass is 9.96. The largest absolute Gasteiger partial charge is 0.444 e. The Kier molecular flexibility index (Phi) is 8.95. The molecular weight excluding hydrogens is 392 g/mol. The zero-order chi connectivity index (χ0) is 23.0. The van der Waals surface area contributed by atoms with Crippen LogP contribution in [0.1, 0.15) is 46.1 Å². The fraction of sp³-hybridized carbons (Fsp3) is 0.696. The molecule has 2 heterocycles. The molecule has 1 amide bonds.